The molecule has 0 aliphatic rings. The van der Waals surface area contributed by atoms with Gasteiger partial charge in [0.1, 0.15) is 0 Å². The van der Waals surface area contributed by atoms with Crippen LogP contribution in [0.2, 0.25) is 0 Å². The van der Waals surface area contributed by atoms with Crippen LogP contribution in [0, 0.1) is 72.4 Å². The molecule has 1 radical (unpaired) electrons. The van der Waals surface area contributed by atoms with Crippen molar-refractivity contribution >= 4 is 17.4 Å². The first-order valence-corrected chi connectivity index (χ1v) is 1.10. The van der Waals surface area contributed by atoms with Gasteiger partial charge in [-0.15, -0.1) is 0 Å². The van der Waals surface area contributed by atoms with Crippen LogP contribution >= 0.6 is 0 Å². The Morgan fingerprint density at radius 3 is 0.800 bits per heavy atom. The molecule has 0 heterocycles. The first-order chi connectivity index (χ1) is 3.46. The Kier molecular flexibility index (Phi) is 36.2. The van der Waals surface area contributed by atoms with Gasteiger partial charge in [-0.3, -0.25) is 0 Å². The van der Waals surface area contributed by atoms with E-state index >= 15 is 0 Å². The molecule has 10 heteroatoms. The van der Waals surface area contributed by atoms with Crippen LogP contribution in [0.5, 0.6) is 0 Å². The smallest absolute Gasteiger partial charge is 0.356 e. The van der Waals surface area contributed by atoms with Crippen molar-refractivity contribution in [3.05, 3.63) is 30.6 Å². The molecule has 0 amide bonds. The van der Waals surface area contributed by atoms with Gasteiger partial charge in [-0.05, 0) is 0 Å². The van der Waals surface area contributed by atoms with Gasteiger partial charge in [-0.2, -0.15) is 0 Å². The van der Waals surface area contributed by atoms with Crippen molar-refractivity contribution in [2.24, 2.45) is 0 Å². The topological polar surface area (TPSA) is 132 Å². The maximum Gasteiger partial charge on any atom is 3.00 e. The zero-order valence-corrected chi connectivity index (χ0v) is 8.72. The average Bonchev–Trinajstić information content (AvgIpc) is 1.25. The Hall–Kier alpha value is 0.309. The predicted octanol–water partition coefficient (Wildman–Crippen LogP) is -0.859. The maximum absolute atomic E-state index is 8.25. The molecule has 0 saturated heterocycles. The monoisotopic (exact) mass is 291 g/mol. The summed E-state index contributed by atoms with van der Waals surface area (Å²) in [5.41, 5.74) is 0. The zero-order chi connectivity index (χ0) is 7.15. The molecule has 0 atom stereocenters. The molecule has 0 fully saturated rings. The summed E-state index contributed by atoms with van der Waals surface area (Å²) in [5.74, 6) is 0. The molecule has 0 aliphatic carbocycles. The van der Waals surface area contributed by atoms with Crippen LogP contribution in [0.4, 0.5) is 0 Å². The van der Waals surface area contributed by atoms with E-state index in [2.05, 4.69) is 0 Å². The quantitative estimate of drug-likeness (QED) is 0.324. The maximum atomic E-state index is 8.25. The van der Waals surface area contributed by atoms with Gasteiger partial charge in [0.2, 0.25) is 0 Å². The third-order valence-corrected chi connectivity index (χ3v) is 0. The Morgan fingerprint density at radius 1 is 0.800 bits per heavy atom. The Bertz CT molecular complexity index is 73.7. The summed E-state index contributed by atoms with van der Waals surface area (Å²) in [6.45, 7) is 0. The summed E-state index contributed by atoms with van der Waals surface area (Å²) in [6.07, 6.45) is 0. The van der Waals surface area contributed by atoms with Crippen molar-refractivity contribution in [2.45, 2.75) is 0 Å². The van der Waals surface area contributed by atoms with Crippen molar-refractivity contribution < 1.29 is 51.9 Å². The number of rotatable bonds is 0. The molecule has 0 unspecified atom stereocenters. The molecule has 0 spiro atoms. The van der Waals surface area contributed by atoms with Crippen molar-refractivity contribution in [3.63, 3.8) is 0 Å². The van der Waals surface area contributed by atoms with Crippen LogP contribution in [0.25, 0.3) is 0 Å². The van der Waals surface area contributed by atoms with Gasteiger partial charge in [0, 0.05) is 0 Å². The van der Waals surface area contributed by atoms with Crippen LogP contribution in [-0.4, -0.2) is 27.5 Å². The molecule has 49 valence electrons. The molecule has 0 aromatic carbocycles. The third-order valence-electron chi connectivity index (χ3n) is 0. The van der Waals surface area contributed by atoms with Gasteiger partial charge in [0.15, 0.2) is 0 Å². The summed E-state index contributed by atoms with van der Waals surface area (Å²) in [5, 5.41) is 29.5. The summed E-state index contributed by atoms with van der Waals surface area (Å²) in [4.78, 5) is 16.5. The van der Waals surface area contributed by atoms with E-state index in [0.717, 1.165) is 0 Å². The zero-order valence-electron chi connectivity index (χ0n) is 4.42. The second kappa shape index (κ2) is 16.1. The Morgan fingerprint density at radius 2 is 0.800 bits per heavy atom. The van der Waals surface area contributed by atoms with Crippen LogP contribution in [0.1, 0.15) is 0 Å². The molecule has 0 N–H and O–H groups in total. The fourth-order valence-corrected chi connectivity index (χ4v) is 0. The molecular weight excluding hydrogens is 291 g/mol. The summed E-state index contributed by atoms with van der Waals surface area (Å²) in [7, 11) is 0. The first kappa shape index (κ1) is 22.4. The normalized spacial score (nSPS) is 4.80. The predicted molar refractivity (Wildman–Crippen MR) is 26.5 cm³/mol. The Labute approximate surface area is 98.9 Å². The van der Waals surface area contributed by atoms with E-state index in [1.165, 1.54) is 0 Å². The molecular formula is AlCeN2O6+4. The van der Waals surface area contributed by atoms with E-state index < -0.39 is 10.2 Å². The largest absolute Gasteiger partial charge is 3.00 e. The molecule has 8 nitrogen and oxygen atoms in total. The number of nitrogens with zero attached hydrogens (tertiary/aromatic N) is 2. The van der Waals surface area contributed by atoms with Gasteiger partial charge in [-0.25, -0.2) is 0 Å². The van der Waals surface area contributed by atoms with Gasteiger partial charge in [0.25, 0.3) is 0 Å². The molecule has 10 heavy (non-hydrogen) atoms. The summed E-state index contributed by atoms with van der Waals surface area (Å²) < 4.78 is 0. The number of hydrogen-bond donors (Lipinski definition) is 0. The van der Waals surface area contributed by atoms with E-state index in [4.69, 9.17) is 30.6 Å². The second-order valence-electron chi connectivity index (χ2n) is 0.447. The van der Waals surface area contributed by atoms with Crippen molar-refractivity contribution in [2.75, 3.05) is 0 Å². The van der Waals surface area contributed by atoms with E-state index in [1.807, 2.05) is 0 Å². The van der Waals surface area contributed by atoms with E-state index in [-0.39, 0.29) is 59.1 Å². The standard InChI is InChI=1S/Al.Ce.2NO3/c;;2*2-1(3)4/q2*+3;2*-1. The van der Waals surface area contributed by atoms with Crippen molar-refractivity contribution in [3.8, 4) is 0 Å². The SMILES string of the molecule is O=[N+]([O-])[O-].O=[N+]([O-])[O-].[Al+3].[Ce+3]. The van der Waals surface area contributed by atoms with Gasteiger partial charge in [-0.1, -0.05) is 0 Å². The molecule has 0 aromatic rings. The second-order valence-corrected chi connectivity index (χ2v) is 0.447. The van der Waals surface area contributed by atoms with Crippen LogP contribution in [0.3, 0.4) is 0 Å². The minimum absolute atomic E-state index is 0. The molecule has 0 bridgehead atoms. The van der Waals surface area contributed by atoms with E-state index in [9.17, 15) is 0 Å². The van der Waals surface area contributed by atoms with Crippen molar-refractivity contribution in [1.82, 2.24) is 0 Å². The van der Waals surface area contributed by atoms with Gasteiger partial charge >= 0.3 is 59.1 Å². The van der Waals surface area contributed by atoms with Gasteiger partial charge < -0.3 is 30.6 Å². The van der Waals surface area contributed by atoms with Crippen molar-refractivity contribution in [1.29, 1.82) is 0 Å². The summed E-state index contributed by atoms with van der Waals surface area (Å²) >= 11 is 0. The van der Waals surface area contributed by atoms with Crippen LogP contribution in [-0.2, 0) is 0 Å². The minimum Gasteiger partial charge on any atom is -0.356 e. The fourth-order valence-electron chi connectivity index (χ4n) is 0. The van der Waals surface area contributed by atoms with Gasteiger partial charge in [0.05, 0.1) is 10.2 Å². The molecule has 0 rings (SSSR count). The average molecular weight is 291 g/mol. The van der Waals surface area contributed by atoms with Crippen LogP contribution in [0.15, 0.2) is 0 Å². The minimum atomic E-state index is -1.75. The molecule has 0 saturated carbocycles. The van der Waals surface area contributed by atoms with E-state index in [1.54, 1.807) is 0 Å². The first-order valence-electron chi connectivity index (χ1n) is 1.10. The van der Waals surface area contributed by atoms with Crippen LogP contribution < -0.4 is 0 Å². The number of hydrogen-bond acceptors (Lipinski definition) is 6. The molecule has 0 aromatic heterocycles. The Balaban J connectivity index is -0.0000000300. The fraction of sp³-hybridized carbons (Fsp3) is 0. The summed E-state index contributed by atoms with van der Waals surface area (Å²) in [6, 6.07) is 0. The third kappa shape index (κ3) is 4650. The van der Waals surface area contributed by atoms with E-state index in [0.29, 0.717) is 0 Å². The molecule has 0 aliphatic heterocycles.